The Labute approximate surface area is 130 Å². The topological polar surface area (TPSA) is 59.3 Å². The molecule has 0 heterocycles. The Balaban J connectivity index is 2.95. The molecule has 0 aliphatic carbocycles. The number of allylic oxidation sites excluding steroid dienone is 2. The van der Waals surface area contributed by atoms with Crippen LogP contribution in [-0.4, -0.2) is 13.2 Å². The van der Waals surface area contributed by atoms with E-state index in [2.05, 4.69) is 0 Å². The first kappa shape index (κ1) is 17.7. The van der Waals surface area contributed by atoms with Gasteiger partial charge in [0.05, 0.1) is 24.9 Å². The molecular weight excluding hydrogens is 309 g/mol. The third kappa shape index (κ3) is 6.29. The summed E-state index contributed by atoms with van der Waals surface area (Å²) < 4.78 is 22.5. The summed E-state index contributed by atoms with van der Waals surface area (Å²) in [7, 11) is -3.29. The van der Waals surface area contributed by atoms with E-state index in [1.807, 2.05) is 6.07 Å². The van der Waals surface area contributed by atoms with Gasteiger partial charge >= 0.3 is 7.60 Å². The molecule has 0 fully saturated rings. The van der Waals surface area contributed by atoms with Crippen LogP contribution >= 0.6 is 19.2 Å². The molecule has 112 valence electrons. The first-order valence-corrected chi connectivity index (χ1v) is 8.47. The lowest BCUT2D eigenvalue weighted by atomic mass is 10.1. The summed E-state index contributed by atoms with van der Waals surface area (Å²) in [6.07, 6.45) is 3.11. The first-order valence-electron chi connectivity index (χ1n) is 6.48. The Morgan fingerprint density at radius 1 is 1.29 bits per heavy atom. The molecular formula is C15H17ClNO3P. The van der Waals surface area contributed by atoms with Crippen LogP contribution < -0.4 is 0 Å². The zero-order valence-electron chi connectivity index (χ0n) is 12.0. The molecule has 0 amide bonds. The quantitative estimate of drug-likeness (QED) is 0.401. The van der Waals surface area contributed by atoms with Crippen LogP contribution in [0.15, 0.2) is 41.7 Å². The highest BCUT2D eigenvalue weighted by molar-refractivity contribution is 7.57. The smallest absolute Gasteiger partial charge is 0.306 e. The van der Waals surface area contributed by atoms with E-state index in [1.54, 1.807) is 44.2 Å². The Kier molecular flexibility index (Phi) is 7.42. The molecule has 0 unspecified atom stereocenters. The van der Waals surface area contributed by atoms with Crippen molar-refractivity contribution in [2.75, 3.05) is 13.2 Å². The van der Waals surface area contributed by atoms with Crippen LogP contribution in [0.25, 0.3) is 6.08 Å². The summed E-state index contributed by atoms with van der Waals surface area (Å²) in [6.45, 7) is 4.00. The van der Waals surface area contributed by atoms with Crippen molar-refractivity contribution in [1.29, 1.82) is 5.26 Å². The van der Waals surface area contributed by atoms with Gasteiger partial charge in [0.25, 0.3) is 0 Å². The van der Waals surface area contributed by atoms with Crippen LogP contribution in [-0.2, 0) is 13.6 Å². The number of nitrogens with zero attached hydrogens (tertiary/aromatic N) is 1. The highest BCUT2D eigenvalue weighted by Crippen LogP contribution is 2.49. The molecule has 0 saturated heterocycles. The summed E-state index contributed by atoms with van der Waals surface area (Å²) >= 11 is 5.80. The Bertz CT molecular complexity index is 592. The lowest BCUT2D eigenvalue weighted by Gasteiger charge is -2.12. The minimum absolute atomic E-state index is 0.268. The summed E-state index contributed by atoms with van der Waals surface area (Å²) in [5, 5.41) is 9.76. The average Bonchev–Trinajstić information content (AvgIpc) is 2.46. The van der Waals surface area contributed by atoms with Gasteiger partial charge in [-0.25, -0.2) is 0 Å². The number of benzene rings is 1. The molecule has 6 heteroatoms. The second kappa shape index (κ2) is 8.81. The molecule has 1 aromatic carbocycles. The van der Waals surface area contributed by atoms with Gasteiger partial charge in [-0.05, 0) is 43.7 Å². The predicted molar refractivity (Wildman–Crippen MR) is 85.0 cm³/mol. The van der Waals surface area contributed by atoms with Gasteiger partial charge in [-0.3, -0.25) is 4.57 Å². The van der Waals surface area contributed by atoms with E-state index in [9.17, 15) is 4.57 Å². The predicted octanol–water partition coefficient (Wildman–Crippen LogP) is 5.03. The highest BCUT2D eigenvalue weighted by Gasteiger charge is 2.18. The van der Waals surface area contributed by atoms with Gasteiger partial charge in [0.15, 0.2) is 0 Å². The minimum Gasteiger partial charge on any atom is -0.306 e. The molecule has 0 spiro atoms. The lowest BCUT2D eigenvalue weighted by molar-refractivity contribution is 0.229. The summed E-state index contributed by atoms with van der Waals surface area (Å²) in [4.78, 5) is 0. The fourth-order valence-electron chi connectivity index (χ4n) is 1.51. The van der Waals surface area contributed by atoms with Crippen molar-refractivity contribution in [3.05, 3.63) is 52.3 Å². The van der Waals surface area contributed by atoms with Gasteiger partial charge < -0.3 is 9.05 Å². The van der Waals surface area contributed by atoms with Crippen LogP contribution in [0.1, 0.15) is 19.4 Å². The first-order chi connectivity index (χ1) is 10.0. The number of rotatable bonds is 7. The fraction of sp³-hybridized carbons (Fsp3) is 0.267. The molecule has 0 aliphatic heterocycles. The summed E-state index contributed by atoms with van der Waals surface area (Å²) in [5.74, 6) is 1.31. The Hall–Kier alpha value is -1.37. The molecule has 21 heavy (non-hydrogen) atoms. The second-order valence-corrected chi connectivity index (χ2v) is 6.28. The molecule has 0 bridgehead atoms. The molecule has 4 nitrogen and oxygen atoms in total. The highest BCUT2D eigenvalue weighted by atomic mass is 35.5. The van der Waals surface area contributed by atoms with Crippen LogP contribution in [0.5, 0.6) is 0 Å². The Morgan fingerprint density at radius 2 is 1.86 bits per heavy atom. The Morgan fingerprint density at radius 3 is 2.33 bits per heavy atom. The number of nitriles is 1. The third-order valence-electron chi connectivity index (χ3n) is 2.38. The van der Waals surface area contributed by atoms with Crippen molar-refractivity contribution in [2.24, 2.45) is 0 Å². The zero-order valence-corrected chi connectivity index (χ0v) is 13.6. The monoisotopic (exact) mass is 325 g/mol. The van der Waals surface area contributed by atoms with E-state index < -0.39 is 7.60 Å². The normalized spacial score (nSPS) is 12.6. The molecule has 1 rings (SSSR count). The standard InChI is InChI=1S/C15H17ClNO3P/c1-3-19-21(18,20-4-2)10-9-14(12-17)11-13-5-7-15(16)8-6-13/h5-11H,3-4H2,1-2H3/b10-9+,14-11-. The van der Waals surface area contributed by atoms with Gasteiger partial charge in [0.2, 0.25) is 0 Å². The van der Waals surface area contributed by atoms with Crippen molar-refractivity contribution < 1.29 is 13.6 Å². The van der Waals surface area contributed by atoms with E-state index in [-0.39, 0.29) is 13.2 Å². The van der Waals surface area contributed by atoms with Crippen molar-refractivity contribution in [3.8, 4) is 6.07 Å². The van der Waals surface area contributed by atoms with Gasteiger partial charge in [0.1, 0.15) is 0 Å². The average molecular weight is 326 g/mol. The largest absolute Gasteiger partial charge is 0.354 e. The van der Waals surface area contributed by atoms with Crippen LogP contribution in [0.4, 0.5) is 0 Å². The van der Waals surface area contributed by atoms with Gasteiger partial charge in [-0.15, -0.1) is 0 Å². The fourth-order valence-corrected chi connectivity index (χ4v) is 2.95. The van der Waals surface area contributed by atoms with Gasteiger partial charge in [-0.2, -0.15) is 5.26 Å². The van der Waals surface area contributed by atoms with Crippen molar-refractivity contribution in [3.63, 3.8) is 0 Å². The molecule has 0 radical (unpaired) electrons. The molecule has 0 atom stereocenters. The third-order valence-corrected chi connectivity index (χ3v) is 4.38. The molecule has 0 aromatic heterocycles. The second-order valence-electron chi connectivity index (χ2n) is 3.95. The molecule has 1 aromatic rings. The lowest BCUT2D eigenvalue weighted by Crippen LogP contribution is -1.92. The van der Waals surface area contributed by atoms with E-state index in [0.717, 1.165) is 5.56 Å². The van der Waals surface area contributed by atoms with Crippen LogP contribution in [0.3, 0.4) is 0 Å². The van der Waals surface area contributed by atoms with Gasteiger partial charge in [-0.1, -0.05) is 23.7 Å². The minimum atomic E-state index is -3.29. The van der Waals surface area contributed by atoms with Crippen molar-refractivity contribution in [1.82, 2.24) is 0 Å². The molecule has 0 saturated carbocycles. The maximum absolute atomic E-state index is 12.2. The number of hydrogen-bond acceptors (Lipinski definition) is 4. The van der Waals surface area contributed by atoms with Crippen LogP contribution in [0, 0.1) is 11.3 Å². The zero-order chi connectivity index (χ0) is 15.7. The number of hydrogen-bond donors (Lipinski definition) is 0. The van der Waals surface area contributed by atoms with Crippen molar-refractivity contribution >= 4 is 25.3 Å². The maximum atomic E-state index is 12.2. The van der Waals surface area contributed by atoms with E-state index in [1.165, 1.54) is 11.9 Å². The van der Waals surface area contributed by atoms with E-state index in [0.29, 0.717) is 10.6 Å². The number of halogens is 1. The van der Waals surface area contributed by atoms with E-state index >= 15 is 0 Å². The van der Waals surface area contributed by atoms with Gasteiger partial charge in [0, 0.05) is 10.8 Å². The summed E-state index contributed by atoms with van der Waals surface area (Å²) in [5.41, 5.74) is 1.17. The van der Waals surface area contributed by atoms with Crippen LogP contribution in [0.2, 0.25) is 5.02 Å². The maximum Gasteiger partial charge on any atom is 0.354 e. The van der Waals surface area contributed by atoms with Crippen molar-refractivity contribution in [2.45, 2.75) is 13.8 Å². The molecule has 0 aliphatic rings. The van der Waals surface area contributed by atoms with E-state index in [4.69, 9.17) is 25.9 Å². The summed E-state index contributed by atoms with van der Waals surface area (Å²) in [6, 6.07) is 9.08. The molecule has 0 N–H and O–H groups in total. The SMILES string of the molecule is CCOP(=O)(/C=C/C(C#N)=C/c1ccc(Cl)cc1)OCC.